The van der Waals surface area contributed by atoms with Crippen molar-refractivity contribution in [1.29, 1.82) is 5.26 Å². The number of benzene rings is 1. The van der Waals surface area contributed by atoms with Gasteiger partial charge < -0.3 is 5.32 Å². The number of nitro benzene ring substituents is 1. The third kappa shape index (κ3) is 5.81. The van der Waals surface area contributed by atoms with Crippen LogP contribution < -0.4 is 5.32 Å². The molecule has 0 spiro atoms. The molecule has 0 aliphatic heterocycles. The van der Waals surface area contributed by atoms with Crippen molar-refractivity contribution >= 4 is 5.69 Å². The molecule has 1 N–H and O–H groups in total. The lowest BCUT2D eigenvalue weighted by Crippen LogP contribution is -2.30. The minimum Gasteiger partial charge on any atom is -0.310 e. The minimum absolute atomic E-state index is 0.159. The highest BCUT2D eigenvalue weighted by Gasteiger charge is 2.12. The summed E-state index contributed by atoms with van der Waals surface area (Å²) in [5, 5.41) is 21.3. The Bertz CT molecular complexity index is 445. The second-order valence-corrected chi connectivity index (χ2v) is 4.86. The number of non-ortho nitro benzene ring substituents is 1. The SMILES string of the molecule is CC#N.O=[N+]([O-])c1ccc(CNC2CCCCC2)cc1. The largest absolute Gasteiger partial charge is 0.310 e. The molecule has 20 heavy (non-hydrogen) atoms. The summed E-state index contributed by atoms with van der Waals surface area (Å²) < 4.78 is 0. The number of rotatable bonds is 4. The molecule has 0 aromatic heterocycles. The Kier molecular flexibility index (Phi) is 7.30. The molecular weight excluding hydrogens is 254 g/mol. The fourth-order valence-corrected chi connectivity index (χ4v) is 2.30. The predicted octanol–water partition coefficient (Wildman–Crippen LogP) is 3.55. The Morgan fingerprint density at radius 3 is 2.35 bits per heavy atom. The van der Waals surface area contributed by atoms with E-state index in [0.717, 1.165) is 12.1 Å². The van der Waals surface area contributed by atoms with Crippen molar-refractivity contribution in [2.24, 2.45) is 0 Å². The topological polar surface area (TPSA) is 79.0 Å². The van der Waals surface area contributed by atoms with E-state index in [0.29, 0.717) is 6.04 Å². The van der Waals surface area contributed by atoms with Crippen molar-refractivity contribution in [1.82, 2.24) is 5.32 Å². The van der Waals surface area contributed by atoms with Crippen LogP contribution >= 0.6 is 0 Å². The van der Waals surface area contributed by atoms with Crippen molar-refractivity contribution in [3.05, 3.63) is 39.9 Å². The molecule has 1 aliphatic rings. The number of nitrogens with one attached hydrogen (secondary N) is 1. The highest BCUT2D eigenvalue weighted by Crippen LogP contribution is 2.18. The molecule has 0 atom stereocenters. The summed E-state index contributed by atoms with van der Waals surface area (Å²) in [5.74, 6) is 0. The lowest BCUT2D eigenvalue weighted by Gasteiger charge is -2.22. The first-order valence-corrected chi connectivity index (χ1v) is 6.95. The summed E-state index contributed by atoms with van der Waals surface area (Å²) in [6, 6.07) is 9.16. The van der Waals surface area contributed by atoms with Gasteiger partial charge in [0.25, 0.3) is 5.69 Å². The number of nitrogens with zero attached hydrogens (tertiary/aromatic N) is 2. The maximum Gasteiger partial charge on any atom is 0.269 e. The molecule has 0 heterocycles. The first-order valence-electron chi connectivity index (χ1n) is 6.95. The van der Waals surface area contributed by atoms with Crippen LogP contribution in [0.1, 0.15) is 44.6 Å². The Morgan fingerprint density at radius 2 is 1.85 bits per heavy atom. The van der Waals surface area contributed by atoms with E-state index >= 15 is 0 Å². The van der Waals surface area contributed by atoms with Gasteiger partial charge in [-0.3, -0.25) is 10.1 Å². The van der Waals surface area contributed by atoms with Crippen molar-refractivity contribution in [3.63, 3.8) is 0 Å². The summed E-state index contributed by atoms with van der Waals surface area (Å²) in [6.07, 6.45) is 6.51. The summed E-state index contributed by atoms with van der Waals surface area (Å²) in [5.41, 5.74) is 1.27. The van der Waals surface area contributed by atoms with Crippen molar-refractivity contribution < 1.29 is 4.92 Å². The van der Waals surface area contributed by atoms with Crippen molar-refractivity contribution in [2.75, 3.05) is 0 Å². The maximum absolute atomic E-state index is 10.5. The molecule has 0 amide bonds. The molecule has 0 bridgehead atoms. The monoisotopic (exact) mass is 275 g/mol. The van der Waals surface area contributed by atoms with Crippen LogP contribution in [0.5, 0.6) is 0 Å². The average molecular weight is 275 g/mol. The van der Waals surface area contributed by atoms with Gasteiger partial charge in [-0.25, -0.2) is 0 Å². The van der Waals surface area contributed by atoms with E-state index in [4.69, 9.17) is 5.26 Å². The van der Waals surface area contributed by atoms with Crippen LogP contribution in [0.2, 0.25) is 0 Å². The first kappa shape index (κ1) is 16.1. The molecule has 1 aromatic carbocycles. The van der Waals surface area contributed by atoms with Gasteiger partial charge in [0, 0.05) is 31.6 Å². The smallest absolute Gasteiger partial charge is 0.269 e. The van der Waals surface area contributed by atoms with E-state index in [1.54, 1.807) is 18.2 Å². The zero-order valence-electron chi connectivity index (χ0n) is 11.8. The highest BCUT2D eigenvalue weighted by atomic mass is 16.6. The van der Waals surface area contributed by atoms with Crippen molar-refractivity contribution in [3.8, 4) is 6.07 Å². The molecule has 0 unspecified atom stereocenters. The van der Waals surface area contributed by atoms with Crippen LogP contribution in [0.15, 0.2) is 24.3 Å². The van der Waals surface area contributed by atoms with Crippen LogP contribution in [-0.4, -0.2) is 11.0 Å². The summed E-state index contributed by atoms with van der Waals surface area (Å²) in [7, 11) is 0. The number of nitriles is 1. The zero-order chi connectivity index (χ0) is 14.8. The predicted molar refractivity (Wildman–Crippen MR) is 78.1 cm³/mol. The molecule has 5 heteroatoms. The lowest BCUT2D eigenvalue weighted by molar-refractivity contribution is -0.384. The molecule has 108 valence electrons. The van der Waals surface area contributed by atoms with Crippen LogP contribution in [0, 0.1) is 21.4 Å². The van der Waals surface area contributed by atoms with Gasteiger partial charge in [0.05, 0.1) is 11.0 Å². The van der Waals surface area contributed by atoms with Gasteiger partial charge in [0.1, 0.15) is 0 Å². The maximum atomic E-state index is 10.5. The molecule has 1 aromatic rings. The molecule has 0 radical (unpaired) electrons. The highest BCUT2D eigenvalue weighted by molar-refractivity contribution is 5.32. The van der Waals surface area contributed by atoms with E-state index < -0.39 is 0 Å². The van der Waals surface area contributed by atoms with Gasteiger partial charge in [-0.2, -0.15) is 5.26 Å². The normalized spacial score (nSPS) is 14.8. The standard InChI is InChI=1S/C13H18N2O2.C2H3N/c16-15(17)13-8-6-11(7-9-13)10-14-12-4-2-1-3-5-12;1-2-3/h6-9,12,14H,1-5,10H2;1H3. The average Bonchev–Trinajstić information content (AvgIpc) is 2.47. The van der Waals surface area contributed by atoms with Crippen LogP contribution in [0.3, 0.4) is 0 Å². The molecule has 1 aliphatic carbocycles. The van der Waals surface area contributed by atoms with Crippen LogP contribution in [-0.2, 0) is 6.54 Å². The summed E-state index contributed by atoms with van der Waals surface area (Å²) in [6.45, 7) is 2.24. The quantitative estimate of drug-likeness (QED) is 0.673. The first-order chi connectivity index (χ1) is 9.67. The minimum atomic E-state index is -0.363. The van der Waals surface area contributed by atoms with E-state index in [1.807, 2.05) is 12.1 Å². The lowest BCUT2D eigenvalue weighted by atomic mass is 9.95. The van der Waals surface area contributed by atoms with Gasteiger partial charge in [-0.1, -0.05) is 31.4 Å². The van der Waals surface area contributed by atoms with Gasteiger partial charge in [-0.15, -0.1) is 0 Å². The van der Waals surface area contributed by atoms with Crippen LogP contribution in [0.4, 0.5) is 5.69 Å². The van der Waals surface area contributed by atoms with Gasteiger partial charge in [0.2, 0.25) is 0 Å². The van der Waals surface area contributed by atoms with Crippen LogP contribution in [0.25, 0.3) is 0 Å². The molecule has 1 saturated carbocycles. The second-order valence-electron chi connectivity index (χ2n) is 4.86. The van der Waals surface area contributed by atoms with Gasteiger partial charge in [0.15, 0.2) is 0 Å². The zero-order valence-corrected chi connectivity index (χ0v) is 11.8. The second kappa shape index (κ2) is 9.05. The molecule has 0 saturated heterocycles. The molecule has 1 fully saturated rings. The number of hydrogen-bond donors (Lipinski definition) is 1. The van der Waals surface area contributed by atoms with Gasteiger partial charge in [-0.05, 0) is 18.4 Å². The molecule has 5 nitrogen and oxygen atoms in total. The third-order valence-corrected chi connectivity index (χ3v) is 3.35. The Hall–Kier alpha value is -1.93. The Morgan fingerprint density at radius 1 is 1.30 bits per heavy atom. The molecular formula is C15H21N3O2. The fraction of sp³-hybridized carbons (Fsp3) is 0.533. The van der Waals surface area contributed by atoms with E-state index in [1.165, 1.54) is 39.0 Å². The van der Waals surface area contributed by atoms with E-state index in [-0.39, 0.29) is 10.6 Å². The molecule has 2 rings (SSSR count). The van der Waals surface area contributed by atoms with Crippen molar-refractivity contribution in [2.45, 2.75) is 51.6 Å². The Labute approximate surface area is 119 Å². The van der Waals surface area contributed by atoms with E-state index in [9.17, 15) is 10.1 Å². The number of hydrogen-bond acceptors (Lipinski definition) is 4. The summed E-state index contributed by atoms with van der Waals surface area (Å²) in [4.78, 5) is 10.1. The van der Waals surface area contributed by atoms with Gasteiger partial charge >= 0.3 is 0 Å². The third-order valence-electron chi connectivity index (χ3n) is 3.35. The van der Waals surface area contributed by atoms with E-state index in [2.05, 4.69) is 5.32 Å². The summed E-state index contributed by atoms with van der Waals surface area (Å²) >= 11 is 0. The fourth-order valence-electron chi connectivity index (χ4n) is 2.30. The number of nitro groups is 1. The Balaban J connectivity index is 0.000000612.